The van der Waals surface area contributed by atoms with Crippen LogP contribution in [0.2, 0.25) is 0 Å². The molecule has 0 bridgehead atoms. The first-order valence-electron chi connectivity index (χ1n) is 7.70. The first-order chi connectivity index (χ1) is 10.2. The third-order valence-corrected chi connectivity index (χ3v) is 3.47. The van der Waals surface area contributed by atoms with Crippen LogP contribution in [-0.2, 0) is 6.42 Å². The molecule has 1 aromatic carbocycles. The van der Waals surface area contributed by atoms with Crippen LogP contribution in [0.15, 0.2) is 47.1 Å². The zero-order valence-corrected chi connectivity index (χ0v) is 13.1. The molecule has 0 spiro atoms. The lowest BCUT2D eigenvalue weighted by molar-refractivity contribution is 0.317. The molecule has 2 atom stereocenters. The molecule has 0 aliphatic rings. The Balaban J connectivity index is 1.85. The summed E-state index contributed by atoms with van der Waals surface area (Å²) in [5.41, 5.74) is 1.27. The number of nitrogens with one attached hydrogen (secondary N) is 1. The number of furan rings is 1. The minimum Gasteiger partial charge on any atom is -0.494 e. The molecule has 0 aliphatic carbocycles. The Morgan fingerprint density at radius 3 is 2.52 bits per heavy atom. The third kappa shape index (κ3) is 4.94. The Hall–Kier alpha value is -1.74. The van der Waals surface area contributed by atoms with Gasteiger partial charge in [-0.25, -0.2) is 0 Å². The molecule has 0 aliphatic heterocycles. The number of hydrogen-bond donors (Lipinski definition) is 1. The summed E-state index contributed by atoms with van der Waals surface area (Å²) < 4.78 is 11.0. The van der Waals surface area contributed by atoms with Crippen LogP contribution in [0, 0.1) is 0 Å². The molecule has 1 aromatic heterocycles. The zero-order chi connectivity index (χ0) is 15.1. The van der Waals surface area contributed by atoms with Gasteiger partial charge < -0.3 is 14.5 Å². The number of hydrogen-bond acceptors (Lipinski definition) is 3. The Kier molecular flexibility index (Phi) is 5.88. The molecule has 0 radical (unpaired) electrons. The molecule has 3 heteroatoms. The summed E-state index contributed by atoms with van der Waals surface area (Å²) in [6.07, 6.45) is 3.65. The van der Waals surface area contributed by atoms with E-state index in [4.69, 9.17) is 9.15 Å². The topological polar surface area (TPSA) is 34.4 Å². The molecule has 1 N–H and O–H groups in total. The number of rotatable bonds is 8. The van der Waals surface area contributed by atoms with Crippen molar-refractivity contribution >= 4 is 0 Å². The molecule has 21 heavy (non-hydrogen) atoms. The fraction of sp³-hybridized carbons (Fsp3) is 0.444. The summed E-state index contributed by atoms with van der Waals surface area (Å²) in [5.74, 6) is 1.96. The van der Waals surface area contributed by atoms with E-state index in [0.717, 1.165) is 31.0 Å². The Morgan fingerprint density at radius 2 is 1.90 bits per heavy atom. The van der Waals surface area contributed by atoms with Gasteiger partial charge in [-0.05, 0) is 50.1 Å². The van der Waals surface area contributed by atoms with Crippen molar-refractivity contribution < 1.29 is 9.15 Å². The highest BCUT2D eigenvalue weighted by Gasteiger charge is 2.11. The van der Waals surface area contributed by atoms with Crippen LogP contribution in [0.5, 0.6) is 5.75 Å². The van der Waals surface area contributed by atoms with Gasteiger partial charge in [-0.3, -0.25) is 0 Å². The zero-order valence-electron chi connectivity index (χ0n) is 13.1. The smallest absolute Gasteiger partial charge is 0.119 e. The maximum Gasteiger partial charge on any atom is 0.119 e. The fourth-order valence-electron chi connectivity index (χ4n) is 2.39. The van der Waals surface area contributed by atoms with Crippen molar-refractivity contribution in [3.8, 4) is 5.75 Å². The van der Waals surface area contributed by atoms with Crippen molar-refractivity contribution in [2.45, 2.75) is 45.7 Å². The van der Waals surface area contributed by atoms with Gasteiger partial charge in [-0.1, -0.05) is 19.1 Å². The molecule has 114 valence electrons. The molecule has 1 heterocycles. The summed E-state index contributed by atoms with van der Waals surface area (Å²) in [4.78, 5) is 0. The highest BCUT2D eigenvalue weighted by atomic mass is 16.5. The second-order valence-electron chi connectivity index (χ2n) is 5.49. The van der Waals surface area contributed by atoms with Crippen molar-refractivity contribution in [3.05, 3.63) is 54.0 Å². The highest BCUT2D eigenvalue weighted by Crippen LogP contribution is 2.18. The van der Waals surface area contributed by atoms with E-state index < -0.39 is 0 Å². The summed E-state index contributed by atoms with van der Waals surface area (Å²) in [5, 5.41) is 3.60. The predicted molar refractivity (Wildman–Crippen MR) is 85.7 cm³/mol. The van der Waals surface area contributed by atoms with Crippen molar-refractivity contribution in [1.29, 1.82) is 0 Å². The standard InChI is InChI=1S/C18H25NO2/c1-4-11-20-17-9-7-16(8-10-17)15(3)19-14(2)13-18-6-5-12-21-18/h5-10,12,14-15,19H,4,11,13H2,1-3H3. The third-order valence-electron chi connectivity index (χ3n) is 3.47. The van der Waals surface area contributed by atoms with Gasteiger partial charge in [0.15, 0.2) is 0 Å². The summed E-state index contributed by atoms with van der Waals surface area (Å²) in [7, 11) is 0. The van der Waals surface area contributed by atoms with Crippen LogP contribution in [0.3, 0.4) is 0 Å². The van der Waals surface area contributed by atoms with E-state index in [2.05, 4.69) is 38.2 Å². The highest BCUT2D eigenvalue weighted by molar-refractivity contribution is 5.29. The molecule has 0 amide bonds. The molecule has 2 rings (SSSR count). The minimum absolute atomic E-state index is 0.301. The maximum atomic E-state index is 5.61. The Morgan fingerprint density at radius 1 is 1.14 bits per heavy atom. The maximum absolute atomic E-state index is 5.61. The van der Waals surface area contributed by atoms with E-state index in [9.17, 15) is 0 Å². The average Bonchev–Trinajstić information content (AvgIpc) is 2.98. The molecular weight excluding hydrogens is 262 g/mol. The van der Waals surface area contributed by atoms with Gasteiger partial charge >= 0.3 is 0 Å². The van der Waals surface area contributed by atoms with Gasteiger partial charge in [0, 0.05) is 18.5 Å². The summed E-state index contributed by atoms with van der Waals surface area (Å²) in [6, 6.07) is 13.0. The van der Waals surface area contributed by atoms with Gasteiger partial charge in [0.2, 0.25) is 0 Å². The largest absolute Gasteiger partial charge is 0.494 e. The molecule has 3 nitrogen and oxygen atoms in total. The lowest BCUT2D eigenvalue weighted by Gasteiger charge is -2.20. The Labute approximate surface area is 127 Å². The molecular formula is C18H25NO2. The SMILES string of the molecule is CCCOc1ccc(C(C)NC(C)Cc2ccco2)cc1. The van der Waals surface area contributed by atoms with Crippen molar-refractivity contribution in [2.75, 3.05) is 6.61 Å². The molecule has 0 fully saturated rings. The summed E-state index contributed by atoms with van der Waals surface area (Å²) in [6.45, 7) is 7.24. The average molecular weight is 287 g/mol. The lowest BCUT2D eigenvalue weighted by atomic mass is 10.1. The minimum atomic E-state index is 0.301. The summed E-state index contributed by atoms with van der Waals surface area (Å²) >= 11 is 0. The van der Waals surface area contributed by atoms with Gasteiger partial charge in [0.05, 0.1) is 12.9 Å². The van der Waals surface area contributed by atoms with Crippen LogP contribution >= 0.6 is 0 Å². The lowest BCUT2D eigenvalue weighted by Crippen LogP contribution is -2.30. The molecule has 2 aromatic rings. The van der Waals surface area contributed by atoms with Gasteiger partial charge in [0.25, 0.3) is 0 Å². The second-order valence-corrected chi connectivity index (χ2v) is 5.49. The van der Waals surface area contributed by atoms with Crippen LogP contribution in [0.25, 0.3) is 0 Å². The number of ether oxygens (including phenoxy) is 1. The first-order valence-corrected chi connectivity index (χ1v) is 7.70. The van der Waals surface area contributed by atoms with E-state index in [1.807, 2.05) is 24.3 Å². The van der Waals surface area contributed by atoms with Crippen molar-refractivity contribution in [2.24, 2.45) is 0 Å². The van der Waals surface area contributed by atoms with Gasteiger partial charge in [0.1, 0.15) is 11.5 Å². The molecule has 0 saturated carbocycles. The van der Waals surface area contributed by atoms with Gasteiger partial charge in [-0.15, -0.1) is 0 Å². The monoisotopic (exact) mass is 287 g/mol. The Bertz CT molecular complexity index is 505. The second kappa shape index (κ2) is 7.89. The van der Waals surface area contributed by atoms with Crippen LogP contribution in [-0.4, -0.2) is 12.6 Å². The molecule has 0 saturated heterocycles. The first kappa shape index (κ1) is 15.6. The van der Waals surface area contributed by atoms with E-state index in [-0.39, 0.29) is 0 Å². The van der Waals surface area contributed by atoms with E-state index in [1.54, 1.807) is 6.26 Å². The van der Waals surface area contributed by atoms with E-state index in [0.29, 0.717) is 12.1 Å². The van der Waals surface area contributed by atoms with Crippen molar-refractivity contribution in [1.82, 2.24) is 5.32 Å². The van der Waals surface area contributed by atoms with E-state index in [1.165, 1.54) is 5.56 Å². The normalized spacial score (nSPS) is 13.9. The number of benzene rings is 1. The fourth-order valence-corrected chi connectivity index (χ4v) is 2.39. The predicted octanol–water partition coefficient (Wildman–Crippen LogP) is 4.35. The van der Waals surface area contributed by atoms with Crippen molar-refractivity contribution in [3.63, 3.8) is 0 Å². The quantitative estimate of drug-likeness (QED) is 0.783. The van der Waals surface area contributed by atoms with Gasteiger partial charge in [-0.2, -0.15) is 0 Å². The van der Waals surface area contributed by atoms with E-state index >= 15 is 0 Å². The van der Waals surface area contributed by atoms with Crippen LogP contribution in [0.1, 0.15) is 44.6 Å². The molecule has 2 unspecified atom stereocenters. The van der Waals surface area contributed by atoms with Crippen LogP contribution < -0.4 is 10.1 Å². The van der Waals surface area contributed by atoms with Crippen LogP contribution in [0.4, 0.5) is 0 Å².